The maximum Gasteiger partial charge on any atom is 0.335 e. The van der Waals surface area contributed by atoms with E-state index < -0.39 is 23.4 Å². The Hall–Kier alpha value is -1.96. The highest BCUT2D eigenvalue weighted by atomic mass is 16.2. The normalized spacial score (nSPS) is 36.8. The van der Waals surface area contributed by atoms with Crippen LogP contribution in [0.2, 0.25) is 0 Å². The van der Waals surface area contributed by atoms with E-state index in [9.17, 15) is 19.2 Å². The molecule has 4 bridgehead atoms. The second kappa shape index (κ2) is 6.27. The molecule has 0 spiro atoms. The first-order chi connectivity index (χ1) is 13.3. The molecule has 1 saturated heterocycles. The Morgan fingerprint density at radius 1 is 1.04 bits per heavy atom. The molecule has 6 fully saturated rings. The molecule has 8 heteroatoms. The second-order valence-corrected chi connectivity index (χ2v) is 9.80. The summed E-state index contributed by atoms with van der Waals surface area (Å²) in [6, 6.07) is -0.226. The predicted molar refractivity (Wildman–Crippen MR) is 98.7 cm³/mol. The number of urea groups is 1. The van der Waals surface area contributed by atoms with Gasteiger partial charge < -0.3 is 5.32 Å². The average Bonchev–Trinajstić information content (AvgIpc) is 3.37. The van der Waals surface area contributed by atoms with Gasteiger partial charge in [-0.1, -0.05) is 0 Å². The lowest BCUT2D eigenvalue weighted by Gasteiger charge is -2.58. The number of hydrogen-bond acceptors (Lipinski definition) is 5. The van der Waals surface area contributed by atoms with Crippen LogP contribution >= 0.6 is 0 Å². The van der Waals surface area contributed by atoms with Gasteiger partial charge in [-0.3, -0.25) is 19.3 Å². The number of amides is 5. The Morgan fingerprint density at radius 3 is 2.14 bits per heavy atom. The third-order valence-corrected chi connectivity index (χ3v) is 7.27. The van der Waals surface area contributed by atoms with Gasteiger partial charge in [0.15, 0.2) is 0 Å². The minimum absolute atomic E-state index is 0.0373. The van der Waals surface area contributed by atoms with E-state index in [0.29, 0.717) is 17.8 Å². The minimum atomic E-state index is -0.754. The van der Waals surface area contributed by atoms with Crippen molar-refractivity contribution in [1.82, 2.24) is 20.0 Å². The Morgan fingerprint density at radius 2 is 1.61 bits per heavy atom. The molecule has 1 heterocycles. The fourth-order valence-electron chi connectivity index (χ4n) is 6.42. The molecule has 152 valence electrons. The standard InChI is InChI=1S/C20H28N4O4/c1-22(10-16(25)21-15-2-3-15)11-23-17(26)18(27)24(19(23)28)20-7-12-4-13(8-20)6-14(5-12)9-20/h12-15H,2-11H2,1H3,(H,21,25). The largest absolute Gasteiger partial charge is 0.352 e. The van der Waals surface area contributed by atoms with Gasteiger partial charge in [0.25, 0.3) is 0 Å². The van der Waals surface area contributed by atoms with Crippen LogP contribution in [-0.2, 0) is 14.4 Å². The zero-order valence-electron chi connectivity index (χ0n) is 16.4. The van der Waals surface area contributed by atoms with Gasteiger partial charge in [-0.15, -0.1) is 0 Å². The van der Waals surface area contributed by atoms with Crippen molar-refractivity contribution >= 4 is 23.8 Å². The van der Waals surface area contributed by atoms with E-state index in [1.54, 1.807) is 11.9 Å². The summed E-state index contributed by atoms with van der Waals surface area (Å²) in [6.07, 6.45) is 8.15. The SMILES string of the molecule is CN(CC(=O)NC1CC1)CN1C(=O)C(=O)N(C23CC4CC(CC(C4)C2)C3)C1=O. The average molecular weight is 388 g/mol. The van der Waals surface area contributed by atoms with Crippen molar-refractivity contribution in [1.29, 1.82) is 0 Å². The van der Waals surface area contributed by atoms with Gasteiger partial charge in [0, 0.05) is 6.04 Å². The van der Waals surface area contributed by atoms with Crippen molar-refractivity contribution in [2.24, 2.45) is 17.8 Å². The number of hydrogen-bond donors (Lipinski definition) is 1. The Bertz CT molecular complexity index is 711. The van der Waals surface area contributed by atoms with Crippen molar-refractivity contribution in [2.45, 2.75) is 62.9 Å². The topological polar surface area (TPSA) is 90.0 Å². The van der Waals surface area contributed by atoms with E-state index in [0.717, 1.165) is 37.0 Å². The van der Waals surface area contributed by atoms with Crippen molar-refractivity contribution in [3.63, 3.8) is 0 Å². The molecular formula is C20H28N4O4. The van der Waals surface area contributed by atoms with Crippen LogP contribution < -0.4 is 5.32 Å². The molecule has 5 saturated carbocycles. The molecule has 0 unspecified atom stereocenters. The molecular weight excluding hydrogens is 360 g/mol. The highest BCUT2D eigenvalue weighted by Crippen LogP contribution is 2.58. The van der Waals surface area contributed by atoms with Crippen LogP contribution in [0.4, 0.5) is 4.79 Å². The number of rotatable bonds is 6. The van der Waals surface area contributed by atoms with Crippen LogP contribution in [0.15, 0.2) is 0 Å². The minimum Gasteiger partial charge on any atom is -0.352 e. The lowest BCUT2D eigenvalue weighted by molar-refractivity contribution is -0.150. The van der Waals surface area contributed by atoms with Crippen molar-refractivity contribution in [2.75, 3.05) is 20.3 Å². The fourth-order valence-corrected chi connectivity index (χ4v) is 6.42. The summed E-state index contributed by atoms with van der Waals surface area (Å²) in [5.74, 6) is 0.172. The summed E-state index contributed by atoms with van der Waals surface area (Å²) in [7, 11) is 1.69. The van der Waals surface area contributed by atoms with Gasteiger partial charge in [0.2, 0.25) is 5.91 Å². The van der Waals surface area contributed by atoms with E-state index in [1.807, 2.05) is 0 Å². The van der Waals surface area contributed by atoms with Crippen molar-refractivity contribution in [3.05, 3.63) is 0 Å². The molecule has 6 rings (SSSR count). The van der Waals surface area contributed by atoms with Gasteiger partial charge >= 0.3 is 17.8 Å². The molecule has 0 aromatic heterocycles. The van der Waals surface area contributed by atoms with Crippen LogP contribution in [0.1, 0.15) is 51.4 Å². The summed E-state index contributed by atoms with van der Waals surface area (Å²) in [5, 5.41) is 2.89. The van der Waals surface area contributed by atoms with E-state index in [4.69, 9.17) is 0 Å². The van der Waals surface area contributed by atoms with Gasteiger partial charge in [-0.25, -0.2) is 14.6 Å². The first-order valence-electron chi connectivity index (χ1n) is 10.5. The number of nitrogens with zero attached hydrogens (tertiary/aromatic N) is 3. The van der Waals surface area contributed by atoms with Crippen LogP contribution in [0, 0.1) is 17.8 Å². The molecule has 5 amide bonds. The number of likely N-dealkylation sites (N-methyl/N-ethyl adjacent to an activating group) is 1. The highest BCUT2D eigenvalue weighted by molar-refractivity contribution is 6.44. The smallest absolute Gasteiger partial charge is 0.335 e. The molecule has 0 radical (unpaired) electrons. The van der Waals surface area contributed by atoms with Gasteiger partial charge in [-0.2, -0.15) is 0 Å². The van der Waals surface area contributed by atoms with E-state index >= 15 is 0 Å². The van der Waals surface area contributed by atoms with Crippen LogP contribution in [0.3, 0.4) is 0 Å². The first-order valence-corrected chi connectivity index (χ1v) is 10.5. The quantitative estimate of drug-likeness (QED) is 0.540. The number of carbonyl (C=O) groups excluding carboxylic acids is 4. The molecule has 0 aromatic rings. The predicted octanol–water partition coefficient (Wildman–Crippen LogP) is 0.914. The second-order valence-electron chi connectivity index (χ2n) is 9.80. The lowest BCUT2D eigenvalue weighted by atomic mass is 9.52. The van der Waals surface area contributed by atoms with Crippen molar-refractivity contribution in [3.8, 4) is 0 Å². The summed E-state index contributed by atoms with van der Waals surface area (Å²) in [6.45, 7) is 0.0590. The van der Waals surface area contributed by atoms with Crippen molar-refractivity contribution < 1.29 is 19.2 Å². The first kappa shape index (κ1) is 18.1. The summed E-state index contributed by atoms with van der Waals surface area (Å²) in [5.41, 5.74) is -0.463. The summed E-state index contributed by atoms with van der Waals surface area (Å²) >= 11 is 0. The lowest BCUT2D eigenvalue weighted by Crippen LogP contribution is -2.62. The van der Waals surface area contributed by atoms with Crippen LogP contribution in [0.25, 0.3) is 0 Å². The molecule has 5 aliphatic carbocycles. The zero-order chi connectivity index (χ0) is 19.6. The number of nitrogens with one attached hydrogen (secondary N) is 1. The number of carbonyl (C=O) groups is 4. The molecule has 1 aliphatic heterocycles. The zero-order valence-corrected chi connectivity index (χ0v) is 16.4. The molecule has 0 aromatic carbocycles. The van der Waals surface area contributed by atoms with E-state index in [2.05, 4.69) is 5.32 Å². The maximum atomic E-state index is 13.1. The fraction of sp³-hybridized carbons (Fsp3) is 0.800. The highest BCUT2D eigenvalue weighted by Gasteiger charge is 2.61. The molecule has 8 nitrogen and oxygen atoms in total. The Kier molecular flexibility index (Phi) is 4.05. The van der Waals surface area contributed by atoms with E-state index in [-0.39, 0.29) is 25.2 Å². The third kappa shape index (κ3) is 2.93. The van der Waals surface area contributed by atoms with Gasteiger partial charge in [0.1, 0.15) is 0 Å². The maximum absolute atomic E-state index is 13.1. The number of imide groups is 2. The van der Waals surface area contributed by atoms with Crippen LogP contribution in [0.5, 0.6) is 0 Å². The Labute approximate surface area is 164 Å². The molecule has 1 N–H and O–H groups in total. The molecule has 0 atom stereocenters. The molecule has 28 heavy (non-hydrogen) atoms. The summed E-state index contributed by atoms with van der Waals surface area (Å²) < 4.78 is 0. The Balaban J connectivity index is 1.29. The van der Waals surface area contributed by atoms with E-state index in [1.165, 1.54) is 24.2 Å². The van der Waals surface area contributed by atoms with Gasteiger partial charge in [0.05, 0.1) is 18.8 Å². The summed E-state index contributed by atoms with van der Waals surface area (Å²) in [4.78, 5) is 54.5. The van der Waals surface area contributed by atoms with Gasteiger partial charge in [-0.05, 0) is 76.2 Å². The molecule has 6 aliphatic rings. The monoisotopic (exact) mass is 388 g/mol. The third-order valence-electron chi connectivity index (χ3n) is 7.27. The van der Waals surface area contributed by atoms with Crippen LogP contribution in [-0.4, -0.2) is 70.3 Å².